The van der Waals surface area contributed by atoms with Crippen LogP contribution in [0.2, 0.25) is 0 Å². The number of hydrogen-bond acceptors (Lipinski definition) is 2. The van der Waals surface area contributed by atoms with Crippen molar-refractivity contribution in [2.24, 2.45) is 0 Å². The maximum absolute atomic E-state index is 7.32. The molecule has 66 heavy (non-hydrogen) atoms. The van der Waals surface area contributed by atoms with Crippen LogP contribution in [0.3, 0.4) is 0 Å². The molecule has 0 aliphatic carbocycles. The number of aromatic nitrogens is 2. The van der Waals surface area contributed by atoms with E-state index in [1.807, 2.05) is 0 Å². The Labute approximate surface area is 383 Å². The summed E-state index contributed by atoms with van der Waals surface area (Å²) in [6.45, 7) is 13.1. The minimum absolute atomic E-state index is 0.0574. The Morgan fingerprint density at radius 1 is 0.333 bits per heavy atom. The van der Waals surface area contributed by atoms with Crippen LogP contribution in [0.1, 0.15) is 33.4 Å². The summed E-state index contributed by atoms with van der Waals surface area (Å²) in [5.41, 5.74) is 27.0. The summed E-state index contributed by atoms with van der Waals surface area (Å²) in [5, 5.41) is 5.15. The first-order chi connectivity index (χ1) is 32.1. The first kappa shape index (κ1) is 36.6. The van der Waals surface area contributed by atoms with Gasteiger partial charge in [0.25, 0.3) is 13.4 Å². The van der Waals surface area contributed by atoms with Crippen molar-refractivity contribution in [1.82, 2.24) is 9.13 Å². The Kier molecular flexibility index (Phi) is 6.97. The van der Waals surface area contributed by atoms with Crippen LogP contribution >= 0.6 is 0 Å². The zero-order valence-corrected chi connectivity index (χ0v) is 37.7. The zero-order valence-electron chi connectivity index (χ0n) is 37.7. The number of ether oxygens (including phenoxy) is 2. The van der Waals surface area contributed by atoms with Gasteiger partial charge >= 0.3 is 0 Å². The highest BCUT2D eigenvalue weighted by Crippen LogP contribution is 2.44. The van der Waals surface area contributed by atoms with Gasteiger partial charge in [-0.1, -0.05) is 118 Å². The molecule has 9 aromatic carbocycles. The molecule has 310 valence electrons. The van der Waals surface area contributed by atoms with E-state index in [1.54, 1.807) is 0 Å². The van der Waals surface area contributed by atoms with Crippen molar-refractivity contribution in [2.75, 3.05) is 0 Å². The summed E-state index contributed by atoms with van der Waals surface area (Å²) < 4.78 is 19.7. The molecular weight excluding hydrogens is 802 g/mol. The molecule has 11 aromatic rings. The lowest BCUT2D eigenvalue weighted by molar-refractivity contribution is 0.465. The number of hydrogen-bond donors (Lipinski definition) is 0. The predicted molar refractivity (Wildman–Crippen MR) is 277 cm³/mol. The Bertz CT molecular complexity index is 4060. The van der Waals surface area contributed by atoms with Gasteiger partial charge in [-0.05, 0) is 151 Å². The second-order valence-corrected chi connectivity index (χ2v) is 19.7. The fourth-order valence-corrected chi connectivity index (χ4v) is 12.4. The van der Waals surface area contributed by atoms with Gasteiger partial charge in [-0.25, -0.2) is 0 Å². The van der Waals surface area contributed by atoms with Crippen LogP contribution in [-0.4, -0.2) is 22.6 Å². The van der Waals surface area contributed by atoms with Gasteiger partial charge in [0.05, 0.1) is 11.0 Å². The molecule has 2 aromatic heterocycles. The topological polar surface area (TPSA) is 28.3 Å². The van der Waals surface area contributed by atoms with E-state index in [4.69, 9.17) is 9.47 Å². The third-order valence-corrected chi connectivity index (χ3v) is 15.4. The van der Waals surface area contributed by atoms with E-state index < -0.39 is 0 Å². The van der Waals surface area contributed by atoms with E-state index in [9.17, 15) is 0 Å². The van der Waals surface area contributed by atoms with Gasteiger partial charge in [0.15, 0.2) is 0 Å². The van der Waals surface area contributed by atoms with Crippen LogP contribution < -0.4 is 42.3 Å². The molecule has 0 unspecified atom stereocenters. The second-order valence-electron chi connectivity index (χ2n) is 19.7. The largest absolute Gasteiger partial charge is 0.458 e. The summed E-state index contributed by atoms with van der Waals surface area (Å²) in [6, 6.07) is 55.2. The molecule has 15 rings (SSSR count). The highest BCUT2D eigenvalue weighted by molar-refractivity contribution is 7.02. The Balaban J connectivity index is 1.04. The summed E-state index contributed by atoms with van der Waals surface area (Å²) in [7, 11) is 0. The minimum atomic E-state index is -0.0592. The molecule has 0 bridgehead atoms. The first-order valence-corrected chi connectivity index (χ1v) is 23.3. The maximum Gasteiger partial charge on any atom is 0.256 e. The fraction of sp³-hybridized carbons (Fsp3) is 0.100. The summed E-state index contributed by atoms with van der Waals surface area (Å²) in [4.78, 5) is 0. The molecule has 0 N–H and O–H groups in total. The van der Waals surface area contributed by atoms with E-state index >= 15 is 0 Å². The molecule has 0 amide bonds. The molecule has 0 saturated heterocycles. The van der Waals surface area contributed by atoms with Gasteiger partial charge in [-0.15, -0.1) is 0 Å². The van der Waals surface area contributed by atoms with Gasteiger partial charge in [-0.3, -0.25) is 0 Å². The lowest BCUT2D eigenvalue weighted by Crippen LogP contribution is -2.62. The predicted octanol–water partition coefficient (Wildman–Crippen LogP) is 10.9. The van der Waals surface area contributed by atoms with E-state index in [2.05, 4.69) is 196 Å². The average molecular weight is 845 g/mol. The van der Waals surface area contributed by atoms with Crippen molar-refractivity contribution >= 4 is 89.8 Å². The smallest absolute Gasteiger partial charge is 0.256 e. The Morgan fingerprint density at radius 2 is 0.848 bits per heavy atom. The van der Waals surface area contributed by atoms with Crippen LogP contribution in [0.4, 0.5) is 0 Å². The van der Waals surface area contributed by atoms with Crippen molar-refractivity contribution in [2.45, 2.75) is 41.5 Å². The van der Waals surface area contributed by atoms with Crippen molar-refractivity contribution in [1.29, 1.82) is 0 Å². The van der Waals surface area contributed by atoms with E-state index in [1.165, 1.54) is 132 Å². The van der Waals surface area contributed by atoms with E-state index in [-0.39, 0.29) is 13.4 Å². The molecule has 0 saturated carbocycles. The maximum atomic E-state index is 7.32. The molecular formula is C60H42B2N2O2. The summed E-state index contributed by atoms with van der Waals surface area (Å²) in [5.74, 6) is 3.49. The average Bonchev–Trinajstić information content (AvgIpc) is 3.81. The molecule has 0 atom stereocenters. The van der Waals surface area contributed by atoms with Gasteiger partial charge < -0.3 is 18.6 Å². The summed E-state index contributed by atoms with van der Waals surface area (Å²) >= 11 is 0. The van der Waals surface area contributed by atoms with Gasteiger partial charge in [0.2, 0.25) is 0 Å². The monoisotopic (exact) mass is 844 g/mol. The second kappa shape index (κ2) is 12.6. The first-order valence-electron chi connectivity index (χ1n) is 23.3. The van der Waals surface area contributed by atoms with Crippen LogP contribution in [0.15, 0.2) is 146 Å². The van der Waals surface area contributed by atoms with Crippen LogP contribution in [0.5, 0.6) is 23.0 Å². The fourth-order valence-electron chi connectivity index (χ4n) is 12.4. The number of rotatable bonds is 2. The van der Waals surface area contributed by atoms with Crippen LogP contribution in [0.25, 0.3) is 77.2 Å². The number of aryl methyl sites for hydroxylation is 6. The Hall–Kier alpha value is -7.69. The standard InChI is InChI=1S/C60H42B2N2O2/c1-31-7-14-37(15-8-31)39-25-50-57-54(27-39)65-52-30-53-46(29-45(52)61(57)47-24-35(5)23-44-43-22-34(4)12-20-49(43)63(50)59(44)47)62-56-36(6)13-18-41-42-21-33(3)11-19-48(42)64(60(41)56)51-26-40(28-55(66-53)58(51)62)38-16-9-32(2)10-17-38/h7-30H,1-6H3. The summed E-state index contributed by atoms with van der Waals surface area (Å²) in [6.07, 6.45) is 0. The molecule has 0 fully saturated rings. The number of fused-ring (bicyclic) bond motifs is 14. The van der Waals surface area contributed by atoms with E-state index in [0.29, 0.717) is 0 Å². The molecule has 4 nitrogen and oxygen atoms in total. The molecule has 4 aliphatic heterocycles. The van der Waals surface area contributed by atoms with Gasteiger partial charge in [0, 0.05) is 50.0 Å². The number of benzene rings is 9. The van der Waals surface area contributed by atoms with Crippen LogP contribution in [-0.2, 0) is 0 Å². The van der Waals surface area contributed by atoms with Crippen molar-refractivity contribution in [3.05, 3.63) is 179 Å². The van der Waals surface area contributed by atoms with Crippen molar-refractivity contribution < 1.29 is 9.47 Å². The van der Waals surface area contributed by atoms with Crippen molar-refractivity contribution in [3.8, 4) is 56.6 Å². The lowest BCUT2D eigenvalue weighted by Gasteiger charge is -2.37. The highest BCUT2D eigenvalue weighted by atomic mass is 16.5. The Morgan fingerprint density at radius 3 is 1.45 bits per heavy atom. The van der Waals surface area contributed by atoms with Crippen LogP contribution in [0, 0.1) is 41.5 Å². The third kappa shape index (κ3) is 4.71. The quantitative estimate of drug-likeness (QED) is 0.162. The molecule has 0 spiro atoms. The highest BCUT2D eigenvalue weighted by Gasteiger charge is 2.46. The van der Waals surface area contributed by atoms with E-state index in [0.717, 1.165) is 34.1 Å². The van der Waals surface area contributed by atoms with Crippen molar-refractivity contribution in [3.63, 3.8) is 0 Å². The molecule has 6 heterocycles. The molecule has 6 heteroatoms. The normalized spacial score (nSPS) is 13.5. The minimum Gasteiger partial charge on any atom is -0.458 e. The van der Waals surface area contributed by atoms with Gasteiger partial charge in [-0.2, -0.15) is 0 Å². The molecule has 4 aliphatic rings. The lowest BCUT2D eigenvalue weighted by atomic mass is 9.31. The molecule has 0 radical (unpaired) electrons. The SMILES string of the molecule is Cc1ccc(-c2cc3c4c(c2)-n2c5ccc(C)cc5c5cc(C)cc(c52)B4c2cc4c(cc2O3)Oc2cc(-c3ccc(C)cc3)cc3c2B4c2c(C)ccc4c5cc(C)ccc5n-3c24)cc1. The zero-order chi connectivity index (χ0) is 44.0. The van der Waals surface area contributed by atoms with Gasteiger partial charge in [0.1, 0.15) is 23.0 Å². The third-order valence-electron chi connectivity index (χ3n) is 15.4. The number of nitrogens with zero attached hydrogens (tertiary/aromatic N) is 2.